The van der Waals surface area contributed by atoms with Gasteiger partial charge in [0.1, 0.15) is 23.5 Å². The predicted molar refractivity (Wildman–Crippen MR) is 159 cm³/mol. The number of hydrogen-bond acceptors (Lipinski definition) is 9. The second-order valence-electron chi connectivity index (χ2n) is 9.94. The third kappa shape index (κ3) is 8.06. The standard InChI is InChI=1S/C30H33N7O6/c1-43-29(42)21(13-14-23(38)34-22(28(40)41)15-18-5-3-2-4-6-18)35-27(39)19-10-7-17(8-11-19)9-12-20-16-33-26-24(20)25(31)36-30(32)37-26/h2-8,10-11,16,21-22H,9,12-15H2,1H3,(H,34,38)(H,35,39)(H,40,41)(H5,31,32,33,36,37)/t21-,22-/m0/s1. The van der Waals surface area contributed by atoms with Crippen LogP contribution in [0.1, 0.15) is 39.9 Å². The number of aliphatic carboxylic acids is 1. The number of esters is 1. The van der Waals surface area contributed by atoms with E-state index in [-0.39, 0.29) is 25.2 Å². The summed E-state index contributed by atoms with van der Waals surface area (Å²) in [5.74, 6) is -2.59. The third-order valence-electron chi connectivity index (χ3n) is 6.92. The van der Waals surface area contributed by atoms with E-state index in [0.717, 1.165) is 22.1 Å². The van der Waals surface area contributed by atoms with Crippen molar-refractivity contribution in [2.75, 3.05) is 18.6 Å². The molecule has 0 fully saturated rings. The van der Waals surface area contributed by atoms with Crippen LogP contribution in [0.25, 0.3) is 11.0 Å². The monoisotopic (exact) mass is 587 g/mol. The van der Waals surface area contributed by atoms with Gasteiger partial charge < -0.3 is 36.9 Å². The fourth-order valence-electron chi connectivity index (χ4n) is 4.67. The van der Waals surface area contributed by atoms with Gasteiger partial charge >= 0.3 is 11.9 Å². The molecule has 0 aliphatic carbocycles. The predicted octanol–water partition coefficient (Wildman–Crippen LogP) is 1.77. The van der Waals surface area contributed by atoms with Crippen LogP contribution in [0.5, 0.6) is 0 Å². The molecule has 13 heteroatoms. The Morgan fingerprint density at radius 3 is 2.33 bits per heavy atom. The molecule has 2 atom stereocenters. The van der Waals surface area contributed by atoms with Crippen LogP contribution in [0.15, 0.2) is 60.8 Å². The summed E-state index contributed by atoms with van der Waals surface area (Å²) in [5, 5.41) is 15.3. The van der Waals surface area contributed by atoms with Crippen LogP contribution in [-0.4, -0.2) is 63.0 Å². The van der Waals surface area contributed by atoms with Crippen LogP contribution in [0.4, 0.5) is 11.8 Å². The van der Waals surface area contributed by atoms with Crippen LogP contribution in [0, 0.1) is 0 Å². The normalized spacial score (nSPS) is 12.3. The Hall–Kier alpha value is -5.46. The number of aromatic amines is 1. The van der Waals surface area contributed by atoms with E-state index in [2.05, 4.69) is 25.6 Å². The van der Waals surface area contributed by atoms with Gasteiger partial charge in [-0.1, -0.05) is 42.5 Å². The van der Waals surface area contributed by atoms with Crippen molar-refractivity contribution in [3.63, 3.8) is 0 Å². The Morgan fingerprint density at radius 1 is 0.930 bits per heavy atom. The minimum atomic E-state index is -1.18. The highest BCUT2D eigenvalue weighted by Gasteiger charge is 2.25. The number of carbonyl (C=O) groups excluding carboxylic acids is 3. The molecule has 224 valence electrons. The number of fused-ring (bicyclic) bond motifs is 1. The van der Waals surface area contributed by atoms with Gasteiger partial charge in [-0.2, -0.15) is 9.97 Å². The lowest BCUT2D eigenvalue weighted by Crippen LogP contribution is -2.45. The molecule has 0 bridgehead atoms. The zero-order valence-corrected chi connectivity index (χ0v) is 23.5. The number of carboxylic acids is 1. The molecule has 4 rings (SSSR count). The lowest BCUT2D eigenvalue weighted by Gasteiger charge is -2.18. The molecular weight excluding hydrogens is 554 g/mol. The molecule has 2 aromatic heterocycles. The van der Waals surface area contributed by atoms with Gasteiger partial charge in [-0.25, -0.2) is 9.59 Å². The Morgan fingerprint density at radius 2 is 1.65 bits per heavy atom. The number of carbonyl (C=O) groups is 4. The number of hydrogen-bond donors (Lipinski definition) is 6. The summed E-state index contributed by atoms with van der Waals surface area (Å²) in [6.45, 7) is 0. The van der Waals surface area contributed by atoms with E-state index < -0.39 is 35.8 Å². The van der Waals surface area contributed by atoms with Crippen LogP contribution >= 0.6 is 0 Å². The number of amides is 2. The molecule has 0 saturated carbocycles. The number of aromatic nitrogens is 3. The van der Waals surface area contributed by atoms with Crippen molar-refractivity contribution in [2.24, 2.45) is 0 Å². The zero-order valence-electron chi connectivity index (χ0n) is 23.5. The number of nitrogens with zero attached hydrogens (tertiary/aromatic N) is 2. The van der Waals surface area contributed by atoms with E-state index in [0.29, 0.717) is 29.9 Å². The highest BCUT2D eigenvalue weighted by atomic mass is 16.5. The molecule has 13 nitrogen and oxygen atoms in total. The average molecular weight is 588 g/mol. The largest absolute Gasteiger partial charge is 0.480 e. The summed E-state index contributed by atoms with van der Waals surface area (Å²) in [7, 11) is 1.18. The van der Waals surface area contributed by atoms with Gasteiger partial charge in [0.2, 0.25) is 11.9 Å². The first-order chi connectivity index (χ1) is 20.6. The Bertz CT molecular complexity index is 1600. The summed E-state index contributed by atoms with van der Waals surface area (Å²) >= 11 is 0. The summed E-state index contributed by atoms with van der Waals surface area (Å²) in [6.07, 6.45) is 2.93. The molecule has 0 aliphatic rings. The van der Waals surface area contributed by atoms with Crippen molar-refractivity contribution in [1.82, 2.24) is 25.6 Å². The third-order valence-corrected chi connectivity index (χ3v) is 6.92. The number of methoxy groups -OCH3 is 1. The van der Waals surface area contributed by atoms with E-state index >= 15 is 0 Å². The number of benzene rings is 2. The molecule has 0 aliphatic heterocycles. The molecule has 2 amide bonds. The lowest BCUT2D eigenvalue weighted by molar-refractivity contribution is -0.144. The van der Waals surface area contributed by atoms with Crippen molar-refractivity contribution in [1.29, 1.82) is 0 Å². The molecule has 2 aromatic carbocycles. The minimum Gasteiger partial charge on any atom is -0.480 e. The smallest absolute Gasteiger partial charge is 0.328 e. The number of H-pyrrole nitrogens is 1. The van der Waals surface area contributed by atoms with Crippen LogP contribution in [0.2, 0.25) is 0 Å². The Kier molecular flexibility index (Phi) is 9.89. The van der Waals surface area contributed by atoms with Gasteiger partial charge in [0.15, 0.2) is 0 Å². The molecule has 2 heterocycles. The zero-order chi connectivity index (χ0) is 30.9. The molecular formula is C30H33N7O6. The van der Waals surface area contributed by atoms with Gasteiger partial charge in [-0.3, -0.25) is 9.59 Å². The molecule has 0 saturated heterocycles. The second-order valence-corrected chi connectivity index (χ2v) is 9.94. The Balaban J connectivity index is 1.32. The molecule has 43 heavy (non-hydrogen) atoms. The number of ether oxygens (including phenoxy) is 1. The van der Waals surface area contributed by atoms with E-state index in [1.54, 1.807) is 48.5 Å². The van der Waals surface area contributed by atoms with E-state index in [1.165, 1.54) is 7.11 Å². The van der Waals surface area contributed by atoms with Gasteiger partial charge in [-0.15, -0.1) is 0 Å². The number of aryl methyl sites for hydroxylation is 2. The fourth-order valence-corrected chi connectivity index (χ4v) is 4.67. The van der Waals surface area contributed by atoms with Gasteiger partial charge in [0, 0.05) is 24.6 Å². The fraction of sp³-hybridized carbons (Fsp3) is 0.267. The van der Waals surface area contributed by atoms with Crippen molar-refractivity contribution < 1.29 is 29.0 Å². The molecule has 8 N–H and O–H groups in total. The number of rotatable bonds is 13. The lowest BCUT2D eigenvalue weighted by atomic mass is 10.0. The number of nitrogens with one attached hydrogen (secondary N) is 3. The van der Waals surface area contributed by atoms with Crippen LogP contribution in [-0.2, 0) is 38.4 Å². The van der Waals surface area contributed by atoms with Crippen LogP contribution < -0.4 is 22.1 Å². The SMILES string of the molecule is COC(=O)[C@H](CCC(=O)N[C@@H](Cc1ccccc1)C(=O)O)NC(=O)c1ccc(CCc2c[nH]c3nc(N)nc(N)c23)cc1. The minimum absolute atomic E-state index is 0.0802. The molecule has 0 unspecified atom stereocenters. The van der Waals surface area contributed by atoms with E-state index in [1.807, 2.05) is 12.3 Å². The maximum Gasteiger partial charge on any atom is 0.328 e. The van der Waals surface area contributed by atoms with Gasteiger partial charge in [0.25, 0.3) is 5.91 Å². The first-order valence-corrected chi connectivity index (χ1v) is 13.6. The Labute approximate surface area is 247 Å². The van der Waals surface area contributed by atoms with Gasteiger partial charge in [0.05, 0.1) is 12.5 Å². The van der Waals surface area contributed by atoms with Crippen LogP contribution in [0.3, 0.4) is 0 Å². The number of nitrogens with two attached hydrogens (primary N) is 2. The molecule has 0 radical (unpaired) electrons. The van der Waals surface area contributed by atoms with Gasteiger partial charge in [-0.05, 0) is 48.1 Å². The van der Waals surface area contributed by atoms with Crippen molar-refractivity contribution in [2.45, 2.75) is 44.2 Å². The summed E-state index contributed by atoms with van der Waals surface area (Å²) in [4.78, 5) is 60.7. The molecule has 4 aromatic rings. The number of nitrogen functional groups attached to an aromatic ring is 2. The van der Waals surface area contributed by atoms with Crippen molar-refractivity contribution in [3.8, 4) is 0 Å². The second kappa shape index (κ2) is 13.9. The summed E-state index contributed by atoms with van der Waals surface area (Å²) < 4.78 is 4.80. The summed E-state index contributed by atoms with van der Waals surface area (Å²) in [5.41, 5.74) is 15.2. The number of anilines is 2. The highest BCUT2D eigenvalue weighted by molar-refractivity contribution is 5.97. The maximum absolute atomic E-state index is 12.9. The first kappa shape index (κ1) is 30.5. The van der Waals surface area contributed by atoms with Crippen molar-refractivity contribution >= 4 is 46.6 Å². The quantitative estimate of drug-likeness (QED) is 0.125. The van der Waals surface area contributed by atoms with Crippen molar-refractivity contribution in [3.05, 3.63) is 83.0 Å². The topological polar surface area (TPSA) is 215 Å². The molecule has 0 spiro atoms. The number of carboxylic acid groups (broad SMARTS) is 1. The first-order valence-electron chi connectivity index (χ1n) is 13.6. The van der Waals surface area contributed by atoms with E-state index in [9.17, 15) is 24.3 Å². The summed E-state index contributed by atoms with van der Waals surface area (Å²) in [6, 6.07) is 13.5. The average Bonchev–Trinajstić information content (AvgIpc) is 3.41. The van der Waals surface area contributed by atoms with E-state index in [4.69, 9.17) is 16.2 Å². The highest BCUT2D eigenvalue weighted by Crippen LogP contribution is 2.24. The maximum atomic E-state index is 12.9.